The summed E-state index contributed by atoms with van der Waals surface area (Å²) in [4.78, 5) is 16.7. The van der Waals surface area contributed by atoms with Gasteiger partial charge in [0.1, 0.15) is 6.33 Å². The molecule has 0 spiro atoms. The summed E-state index contributed by atoms with van der Waals surface area (Å²) in [6.45, 7) is 7.86. The molecule has 0 radical (unpaired) electrons. The Bertz CT molecular complexity index is 1280. The van der Waals surface area contributed by atoms with E-state index in [1.807, 2.05) is 13.1 Å². The third-order valence-electron chi connectivity index (χ3n) is 6.72. The maximum Gasteiger partial charge on any atom is 0.175 e. The maximum absolute atomic E-state index is 16.0. The number of rotatable bonds is 4. The van der Waals surface area contributed by atoms with Crippen LogP contribution < -0.4 is 4.90 Å². The zero-order chi connectivity index (χ0) is 22.6. The molecule has 32 heavy (non-hydrogen) atoms. The molecule has 1 N–H and O–H groups in total. The molecule has 0 aromatic carbocycles. The van der Waals surface area contributed by atoms with Crippen molar-refractivity contribution in [1.82, 2.24) is 29.5 Å². The summed E-state index contributed by atoms with van der Waals surface area (Å²) in [5, 5.41) is 4.95. The van der Waals surface area contributed by atoms with Crippen LogP contribution in [0, 0.1) is 12.7 Å². The van der Waals surface area contributed by atoms with Crippen LogP contribution in [0.3, 0.4) is 0 Å². The van der Waals surface area contributed by atoms with Gasteiger partial charge in [-0.3, -0.25) is 0 Å². The van der Waals surface area contributed by atoms with Crippen LogP contribution in [-0.2, 0) is 0 Å². The topological polar surface area (TPSA) is 65.4 Å². The Morgan fingerprint density at radius 2 is 1.94 bits per heavy atom. The van der Waals surface area contributed by atoms with Crippen LogP contribution in [0.25, 0.3) is 27.8 Å². The van der Waals surface area contributed by atoms with Gasteiger partial charge in [0, 0.05) is 36.3 Å². The summed E-state index contributed by atoms with van der Waals surface area (Å²) in [6.07, 6.45) is 7.31. The standard InChI is InChI=1S/C24H30FN7/c1-14(2)19-20-18(29-22(19)16-10-15(3)23-27-13-28-32(23)12-16)11-26-24(21(20)25)31-8-6-17(7-9-31)30(4)5/h10-14,17,29H,6-9H2,1-5H3. The summed E-state index contributed by atoms with van der Waals surface area (Å²) >= 11 is 0. The molecule has 1 aliphatic rings. The number of H-pyrrole nitrogens is 1. The first-order valence-electron chi connectivity index (χ1n) is 11.3. The molecule has 0 bridgehead atoms. The molecule has 4 aromatic heterocycles. The van der Waals surface area contributed by atoms with Crippen LogP contribution >= 0.6 is 0 Å². The van der Waals surface area contributed by atoms with Gasteiger partial charge in [-0.05, 0) is 57.0 Å². The van der Waals surface area contributed by atoms with Gasteiger partial charge in [0.2, 0.25) is 0 Å². The number of nitrogens with zero attached hydrogens (tertiary/aromatic N) is 6. The van der Waals surface area contributed by atoms with Gasteiger partial charge in [-0.25, -0.2) is 18.9 Å². The number of fused-ring (bicyclic) bond motifs is 2. The van der Waals surface area contributed by atoms with Crippen molar-refractivity contribution >= 4 is 22.4 Å². The van der Waals surface area contributed by atoms with Gasteiger partial charge in [-0.15, -0.1) is 0 Å². The molecule has 7 nitrogen and oxygen atoms in total. The molecule has 0 amide bonds. The molecule has 1 fully saturated rings. The molecule has 5 heterocycles. The fraction of sp³-hybridized carbons (Fsp3) is 0.458. The lowest BCUT2D eigenvalue weighted by Crippen LogP contribution is -2.42. The first kappa shape index (κ1) is 20.9. The van der Waals surface area contributed by atoms with Crippen molar-refractivity contribution < 1.29 is 4.39 Å². The zero-order valence-corrected chi connectivity index (χ0v) is 19.4. The lowest BCUT2D eigenvalue weighted by atomic mass is 9.96. The first-order chi connectivity index (χ1) is 15.3. The minimum Gasteiger partial charge on any atom is -0.354 e. The van der Waals surface area contributed by atoms with Crippen LogP contribution in [0.15, 0.2) is 24.8 Å². The summed E-state index contributed by atoms with van der Waals surface area (Å²) in [6, 6.07) is 2.62. The van der Waals surface area contributed by atoms with Crippen LogP contribution in [-0.4, -0.2) is 62.7 Å². The molecular weight excluding hydrogens is 405 g/mol. The first-order valence-corrected chi connectivity index (χ1v) is 11.3. The summed E-state index contributed by atoms with van der Waals surface area (Å²) in [5.41, 5.74) is 5.43. The molecular formula is C24H30FN7. The minimum atomic E-state index is -0.226. The number of pyridine rings is 2. The van der Waals surface area contributed by atoms with E-state index in [-0.39, 0.29) is 11.7 Å². The Hall–Kier alpha value is -3.00. The van der Waals surface area contributed by atoms with Crippen LogP contribution in [0.2, 0.25) is 0 Å². The number of piperidine rings is 1. The number of halogens is 1. The van der Waals surface area contributed by atoms with E-state index in [0.29, 0.717) is 17.2 Å². The van der Waals surface area contributed by atoms with Gasteiger partial charge < -0.3 is 14.8 Å². The second-order valence-electron chi connectivity index (χ2n) is 9.37. The highest BCUT2D eigenvalue weighted by atomic mass is 19.1. The van der Waals surface area contributed by atoms with Crippen molar-refractivity contribution in [2.75, 3.05) is 32.1 Å². The SMILES string of the molecule is Cc1cc(-c2[nH]c3cnc(N4CCC(N(C)C)CC4)c(F)c3c2C(C)C)cn2ncnc12. The highest BCUT2D eigenvalue weighted by molar-refractivity contribution is 5.93. The Morgan fingerprint density at radius 1 is 1.19 bits per heavy atom. The lowest BCUT2D eigenvalue weighted by Gasteiger charge is -2.36. The molecule has 1 aliphatic heterocycles. The summed E-state index contributed by atoms with van der Waals surface area (Å²) in [5.74, 6) is 0.371. The Balaban J connectivity index is 1.62. The second kappa shape index (κ2) is 7.85. The number of hydrogen-bond acceptors (Lipinski definition) is 5. The van der Waals surface area contributed by atoms with Crippen molar-refractivity contribution in [3.8, 4) is 11.3 Å². The molecule has 8 heteroatoms. The average Bonchev–Trinajstić information content (AvgIpc) is 3.39. The zero-order valence-electron chi connectivity index (χ0n) is 19.4. The molecule has 168 valence electrons. The quantitative estimate of drug-likeness (QED) is 0.516. The summed E-state index contributed by atoms with van der Waals surface area (Å²) in [7, 11) is 4.22. The van der Waals surface area contributed by atoms with Gasteiger partial charge >= 0.3 is 0 Å². The number of hydrogen-bond donors (Lipinski definition) is 1. The van der Waals surface area contributed by atoms with E-state index in [1.165, 1.54) is 0 Å². The van der Waals surface area contributed by atoms with Gasteiger partial charge in [0.15, 0.2) is 17.3 Å². The molecule has 0 unspecified atom stereocenters. The third kappa shape index (κ3) is 3.33. The smallest absolute Gasteiger partial charge is 0.175 e. The average molecular weight is 436 g/mol. The number of nitrogens with one attached hydrogen (secondary N) is 1. The summed E-state index contributed by atoms with van der Waals surface area (Å²) < 4.78 is 17.8. The van der Waals surface area contributed by atoms with Gasteiger partial charge in [-0.2, -0.15) is 5.10 Å². The van der Waals surface area contributed by atoms with Gasteiger partial charge in [0.25, 0.3) is 0 Å². The van der Waals surface area contributed by atoms with Gasteiger partial charge in [-0.1, -0.05) is 13.8 Å². The van der Waals surface area contributed by atoms with E-state index in [0.717, 1.165) is 59.5 Å². The van der Waals surface area contributed by atoms with E-state index >= 15 is 4.39 Å². The highest BCUT2D eigenvalue weighted by Gasteiger charge is 2.27. The maximum atomic E-state index is 16.0. The van der Waals surface area contributed by atoms with Crippen LogP contribution in [0.4, 0.5) is 10.2 Å². The monoisotopic (exact) mass is 435 g/mol. The fourth-order valence-electron chi connectivity index (χ4n) is 5.01. The fourth-order valence-corrected chi connectivity index (χ4v) is 5.01. The molecule has 5 rings (SSSR count). The largest absolute Gasteiger partial charge is 0.354 e. The van der Waals surface area contributed by atoms with E-state index in [4.69, 9.17) is 0 Å². The second-order valence-corrected chi connectivity index (χ2v) is 9.37. The Morgan fingerprint density at radius 3 is 2.62 bits per heavy atom. The van der Waals surface area contributed by atoms with Crippen molar-refractivity contribution in [2.24, 2.45) is 0 Å². The lowest BCUT2D eigenvalue weighted by molar-refractivity contribution is 0.249. The molecule has 1 saturated heterocycles. The predicted molar refractivity (Wildman–Crippen MR) is 126 cm³/mol. The minimum absolute atomic E-state index is 0.134. The number of aryl methyl sites for hydroxylation is 1. The molecule has 0 saturated carbocycles. The van der Waals surface area contributed by atoms with Crippen molar-refractivity contribution in [3.63, 3.8) is 0 Å². The Kier molecular flexibility index (Phi) is 5.12. The molecule has 4 aromatic rings. The van der Waals surface area contributed by atoms with E-state index in [2.05, 4.69) is 63.9 Å². The number of aromatic amines is 1. The number of aromatic nitrogens is 5. The normalized spacial score (nSPS) is 15.7. The highest BCUT2D eigenvalue weighted by Crippen LogP contribution is 2.39. The van der Waals surface area contributed by atoms with E-state index < -0.39 is 0 Å². The molecule has 0 atom stereocenters. The van der Waals surface area contributed by atoms with E-state index in [1.54, 1.807) is 17.0 Å². The van der Waals surface area contributed by atoms with Crippen molar-refractivity contribution in [3.05, 3.63) is 41.7 Å². The van der Waals surface area contributed by atoms with Crippen LogP contribution in [0.5, 0.6) is 0 Å². The number of anilines is 1. The predicted octanol–water partition coefficient (Wildman–Crippen LogP) is 4.37. The van der Waals surface area contributed by atoms with Gasteiger partial charge in [0.05, 0.1) is 17.4 Å². The molecule has 0 aliphatic carbocycles. The Labute approximate surface area is 187 Å². The van der Waals surface area contributed by atoms with Crippen molar-refractivity contribution in [2.45, 2.75) is 45.6 Å². The van der Waals surface area contributed by atoms with E-state index in [9.17, 15) is 0 Å². The third-order valence-corrected chi connectivity index (χ3v) is 6.72. The van der Waals surface area contributed by atoms with Crippen molar-refractivity contribution in [1.29, 1.82) is 0 Å². The van der Waals surface area contributed by atoms with Crippen LogP contribution in [0.1, 0.15) is 43.7 Å².